The molecule has 0 saturated carbocycles. The lowest BCUT2D eigenvalue weighted by Gasteiger charge is -1.99. The van der Waals surface area contributed by atoms with Gasteiger partial charge in [-0.15, -0.1) is 21.5 Å². The lowest BCUT2D eigenvalue weighted by Crippen LogP contribution is -2.03. The summed E-state index contributed by atoms with van der Waals surface area (Å²) in [5.74, 6) is 0.830. The van der Waals surface area contributed by atoms with Gasteiger partial charge in [0.25, 0.3) is 0 Å². The Morgan fingerprint density at radius 2 is 2.00 bits per heavy atom. The molecule has 0 saturated heterocycles. The molecule has 3 heterocycles. The summed E-state index contributed by atoms with van der Waals surface area (Å²) < 4.78 is 2.86. The molecule has 3 aromatic heterocycles. The van der Waals surface area contributed by atoms with Crippen LogP contribution in [0.1, 0.15) is 10.4 Å². The maximum atomic E-state index is 4.43. The fraction of sp³-hybridized carbons (Fsp3) is 0.167. The highest BCUT2D eigenvalue weighted by atomic mass is 32.2. The van der Waals surface area contributed by atoms with Gasteiger partial charge in [-0.25, -0.2) is 4.68 Å². The predicted octanol–water partition coefficient (Wildman–Crippen LogP) is 4.73. The fourth-order valence-corrected chi connectivity index (χ4v) is 4.79. The summed E-state index contributed by atoms with van der Waals surface area (Å²) in [5, 5.41) is 19.2. The molecule has 0 bridgehead atoms. The predicted molar refractivity (Wildman–Crippen MR) is 110 cm³/mol. The molecule has 26 heavy (non-hydrogen) atoms. The second-order valence-electron chi connectivity index (χ2n) is 5.55. The zero-order valence-electron chi connectivity index (χ0n) is 13.9. The summed E-state index contributed by atoms with van der Waals surface area (Å²) in [4.78, 5) is 1.38. The number of nitrogens with one attached hydrogen (secondary N) is 1. The van der Waals surface area contributed by atoms with Crippen molar-refractivity contribution in [1.29, 1.82) is 0 Å². The average molecular weight is 400 g/mol. The molecule has 4 rings (SSSR count). The molecule has 0 fully saturated rings. The van der Waals surface area contributed by atoms with Crippen molar-refractivity contribution in [1.82, 2.24) is 20.0 Å². The first-order chi connectivity index (χ1) is 12.9. The Balaban J connectivity index is 1.27. The van der Waals surface area contributed by atoms with Gasteiger partial charge in [0.15, 0.2) is 4.34 Å². The monoisotopic (exact) mass is 399 g/mol. The number of aromatic nitrogens is 4. The molecule has 0 aliphatic rings. The van der Waals surface area contributed by atoms with Crippen LogP contribution in [0, 0.1) is 0 Å². The van der Waals surface area contributed by atoms with Crippen LogP contribution in [0.2, 0.25) is 0 Å². The summed E-state index contributed by atoms with van der Waals surface area (Å²) in [5.41, 5.74) is 2.23. The van der Waals surface area contributed by atoms with Crippen molar-refractivity contribution in [2.75, 3.05) is 11.9 Å². The van der Waals surface area contributed by atoms with Crippen molar-refractivity contribution in [3.63, 3.8) is 0 Å². The van der Waals surface area contributed by atoms with Crippen LogP contribution in [-0.2, 0) is 12.2 Å². The number of thioether (sulfide) groups is 1. The largest absolute Gasteiger partial charge is 0.360 e. The van der Waals surface area contributed by atoms with Crippen molar-refractivity contribution in [3.8, 4) is 5.69 Å². The Bertz CT molecular complexity index is 931. The van der Waals surface area contributed by atoms with Gasteiger partial charge in [0, 0.05) is 28.9 Å². The number of rotatable bonds is 8. The van der Waals surface area contributed by atoms with Gasteiger partial charge in [-0.2, -0.15) is 5.10 Å². The minimum atomic E-state index is 0.830. The lowest BCUT2D eigenvalue weighted by molar-refractivity contribution is 0.880. The number of hydrogen-bond acceptors (Lipinski definition) is 7. The van der Waals surface area contributed by atoms with E-state index in [1.807, 2.05) is 41.2 Å². The quantitative estimate of drug-likeness (QED) is 0.434. The van der Waals surface area contributed by atoms with Crippen LogP contribution in [0.25, 0.3) is 5.69 Å². The van der Waals surface area contributed by atoms with Crippen LogP contribution in [0.5, 0.6) is 0 Å². The highest BCUT2D eigenvalue weighted by Gasteiger charge is 2.07. The van der Waals surface area contributed by atoms with Crippen LogP contribution in [0.15, 0.2) is 64.6 Å². The molecular weight excluding hydrogens is 382 g/mol. The molecule has 0 spiro atoms. The molecule has 0 atom stereocenters. The van der Waals surface area contributed by atoms with Crippen LogP contribution in [0.3, 0.4) is 0 Å². The smallest absolute Gasteiger partial charge is 0.206 e. The summed E-state index contributed by atoms with van der Waals surface area (Å²) in [7, 11) is 0. The van der Waals surface area contributed by atoms with E-state index in [-0.39, 0.29) is 0 Å². The van der Waals surface area contributed by atoms with Crippen molar-refractivity contribution in [3.05, 3.63) is 70.7 Å². The lowest BCUT2D eigenvalue weighted by atomic mass is 10.3. The minimum absolute atomic E-state index is 0.830. The van der Waals surface area contributed by atoms with Crippen LogP contribution >= 0.6 is 34.4 Å². The number of anilines is 1. The zero-order valence-corrected chi connectivity index (χ0v) is 16.4. The zero-order chi connectivity index (χ0) is 17.6. The molecule has 132 valence electrons. The number of thiophene rings is 1. The van der Waals surface area contributed by atoms with E-state index in [1.165, 1.54) is 10.4 Å². The summed E-state index contributed by atoms with van der Waals surface area (Å²) in [6, 6.07) is 14.4. The summed E-state index contributed by atoms with van der Waals surface area (Å²) in [6.45, 7) is 0.879. The third kappa shape index (κ3) is 4.51. The first-order valence-corrected chi connectivity index (χ1v) is 10.9. The van der Waals surface area contributed by atoms with E-state index in [4.69, 9.17) is 0 Å². The summed E-state index contributed by atoms with van der Waals surface area (Å²) in [6.07, 6.45) is 4.98. The molecule has 4 aromatic rings. The highest BCUT2D eigenvalue weighted by Crippen LogP contribution is 2.28. The number of para-hydroxylation sites is 1. The molecule has 0 amide bonds. The van der Waals surface area contributed by atoms with Gasteiger partial charge in [0.05, 0.1) is 11.9 Å². The normalized spacial score (nSPS) is 10.9. The van der Waals surface area contributed by atoms with E-state index in [1.54, 1.807) is 34.4 Å². The van der Waals surface area contributed by atoms with Crippen molar-refractivity contribution in [2.24, 2.45) is 0 Å². The van der Waals surface area contributed by atoms with Gasteiger partial charge >= 0.3 is 0 Å². The van der Waals surface area contributed by atoms with E-state index < -0.39 is 0 Å². The Morgan fingerprint density at radius 1 is 1.08 bits per heavy atom. The van der Waals surface area contributed by atoms with Crippen molar-refractivity contribution < 1.29 is 0 Å². The minimum Gasteiger partial charge on any atom is -0.360 e. The standard InChI is InChI=1S/C18H17N5S3/c1-2-5-15(6-3-1)23-12-14(11-20-23)13-25-18-22-21-17(26-18)19-9-8-16-7-4-10-24-16/h1-7,10-12H,8-9,13H2,(H,19,21). The van der Waals surface area contributed by atoms with E-state index in [0.29, 0.717) is 0 Å². The third-order valence-corrected chi connectivity index (χ3v) is 6.67. The second kappa shape index (κ2) is 8.48. The topological polar surface area (TPSA) is 55.6 Å². The Hall–Kier alpha value is -2.16. The number of nitrogens with zero attached hydrogens (tertiary/aromatic N) is 4. The molecule has 8 heteroatoms. The van der Waals surface area contributed by atoms with E-state index in [2.05, 4.69) is 44.3 Å². The molecule has 0 unspecified atom stereocenters. The first kappa shape index (κ1) is 17.3. The summed E-state index contributed by atoms with van der Waals surface area (Å²) >= 11 is 5.07. The Kier molecular flexibility index (Phi) is 5.63. The van der Waals surface area contributed by atoms with Gasteiger partial charge < -0.3 is 5.32 Å². The molecule has 0 radical (unpaired) electrons. The second-order valence-corrected chi connectivity index (χ2v) is 8.78. The van der Waals surface area contributed by atoms with Gasteiger partial charge in [-0.1, -0.05) is 47.4 Å². The SMILES string of the molecule is c1ccc(-n2cc(CSc3nnc(NCCc4cccs4)s3)cn2)cc1. The number of hydrogen-bond donors (Lipinski definition) is 1. The first-order valence-electron chi connectivity index (χ1n) is 8.18. The average Bonchev–Trinajstić information content (AvgIpc) is 3.43. The van der Waals surface area contributed by atoms with E-state index >= 15 is 0 Å². The van der Waals surface area contributed by atoms with Gasteiger partial charge in [0.1, 0.15) is 0 Å². The number of benzene rings is 1. The van der Waals surface area contributed by atoms with Crippen molar-refractivity contribution in [2.45, 2.75) is 16.5 Å². The van der Waals surface area contributed by atoms with Crippen molar-refractivity contribution >= 4 is 39.6 Å². The molecular formula is C18H17N5S3. The molecule has 1 aromatic carbocycles. The van der Waals surface area contributed by atoms with E-state index in [0.717, 1.165) is 33.9 Å². The maximum Gasteiger partial charge on any atom is 0.206 e. The third-order valence-electron chi connectivity index (χ3n) is 3.65. The Labute approximate surface area is 164 Å². The van der Waals surface area contributed by atoms with Gasteiger partial charge in [0.2, 0.25) is 5.13 Å². The molecule has 0 aliphatic heterocycles. The Morgan fingerprint density at radius 3 is 2.85 bits per heavy atom. The molecule has 5 nitrogen and oxygen atoms in total. The van der Waals surface area contributed by atoms with Crippen LogP contribution in [-0.4, -0.2) is 26.5 Å². The van der Waals surface area contributed by atoms with E-state index in [9.17, 15) is 0 Å². The molecule has 1 N–H and O–H groups in total. The van der Waals surface area contributed by atoms with Gasteiger partial charge in [-0.3, -0.25) is 0 Å². The molecule has 0 aliphatic carbocycles. The van der Waals surface area contributed by atoms with Crippen LogP contribution in [0.4, 0.5) is 5.13 Å². The van der Waals surface area contributed by atoms with Crippen LogP contribution < -0.4 is 5.32 Å². The maximum absolute atomic E-state index is 4.43. The van der Waals surface area contributed by atoms with Gasteiger partial charge in [-0.05, 0) is 30.0 Å². The fourth-order valence-electron chi connectivity index (χ4n) is 2.39. The highest BCUT2D eigenvalue weighted by molar-refractivity contribution is 8.00.